The first-order chi connectivity index (χ1) is 17.0. The number of ether oxygens (including phenoxy) is 1. The van der Waals surface area contributed by atoms with Crippen LogP contribution in [0.25, 0.3) is 11.6 Å². The lowest BCUT2D eigenvalue weighted by Gasteiger charge is -2.43. The van der Waals surface area contributed by atoms with Gasteiger partial charge in [0, 0.05) is 29.4 Å². The van der Waals surface area contributed by atoms with E-state index in [1.807, 2.05) is 32.0 Å². The summed E-state index contributed by atoms with van der Waals surface area (Å²) in [7, 11) is 1.57. The van der Waals surface area contributed by atoms with E-state index < -0.39 is 17.8 Å². The van der Waals surface area contributed by atoms with Gasteiger partial charge in [-0.2, -0.15) is 0 Å². The molecule has 36 heavy (non-hydrogen) atoms. The number of aryl methyl sites for hydroxylation is 1. The van der Waals surface area contributed by atoms with E-state index in [4.69, 9.17) is 4.74 Å². The summed E-state index contributed by atoms with van der Waals surface area (Å²) in [5.74, 6) is -0.853. The topological polar surface area (TPSA) is 79.0 Å². The highest BCUT2D eigenvalue weighted by atomic mass is 16.5. The fraction of sp³-hybridized carbons (Fsp3) is 0.345. The predicted molar refractivity (Wildman–Crippen MR) is 143 cm³/mol. The van der Waals surface area contributed by atoms with Gasteiger partial charge in [-0.3, -0.25) is 14.9 Å². The number of anilines is 2. The molecule has 1 N–H and O–H groups in total. The van der Waals surface area contributed by atoms with Crippen LogP contribution in [-0.4, -0.2) is 37.0 Å². The van der Waals surface area contributed by atoms with Crippen molar-refractivity contribution in [3.05, 3.63) is 64.2 Å². The van der Waals surface area contributed by atoms with E-state index >= 15 is 0 Å². The van der Waals surface area contributed by atoms with Crippen molar-refractivity contribution in [2.24, 2.45) is 0 Å². The van der Waals surface area contributed by atoms with E-state index in [1.54, 1.807) is 19.2 Å². The number of allylic oxidation sites excluding steroid dienone is 1. The molecule has 0 spiro atoms. The molecule has 0 atom stereocenters. The van der Waals surface area contributed by atoms with Gasteiger partial charge in [0.25, 0.3) is 11.8 Å². The first-order valence-corrected chi connectivity index (χ1v) is 12.2. The molecule has 2 heterocycles. The monoisotopic (exact) mass is 487 g/mol. The summed E-state index contributed by atoms with van der Waals surface area (Å²) in [5, 5.41) is 2.32. The third-order valence-corrected chi connectivity index (χ3v) is 6.99. The highest BCUT2D eigenvalue weighted by Crippen LogP contribution is 2.43. The molecular formula is C29H33N3O4. The number of carbonyl (C=O) groups is 3. The summed E-state index contributed by atoms with van der Waals surface area (Å²) in [6.45, 7) is 13.2. The van der Waals surface area contributed by atoms with Crippen molar-refractivity contribution in [3.63, 3.8) is 0 Å². The lowest BCUT2D eigenvalue weighted by atomic mass is 9.87. The Labute approximate surface area is 212 Å². The maximum absolute atomic E-state index is 13.5. The summed E-state index contributed by atoms with van der Waals surface area (Å²) in [6, 6.07) is 8.54. The normalized spacial score (nSPS) is 18.2. The molecule has 4 amide bonds. The quantitative estimate of drug-likeness (QED) is 0.452. The van der Waals surface area contributed by atoms with Gasteiger partial charge in [-0.25, -0.2) is 9.69 Å². The molecule has 0 unspecified atom stereocenters. The fourth-order valence-corrected chi connectivity index (χ4v) is 5.05. The molecule has 0 aromatic heterocycles. The minimum Gasteiger partial charge on any atom is -0.496 e. The summed E-state index contributed by atoms with van der Waals surface area (Å²) < 4.78 is 5.71. The number of methoxy groups -OCH3 is 1. The van der Waals surface area contributed by atoms with Gasteiger partial charge in [0.15, 0.2) is 0 Å². The maximum atomic E-state index is 13.5. The van der Waals surface area contributed by atoms with Crippen molar-refractivity contribution >= 4 is 40.9 Å². The molecular weight excluding hydrogens is 454 g/mol. The Balaban J connectivity index is 1.84. The predicted octanol–water partition coefficient (Wildman–Crippen LogP) is 5.39. The van der Waals surface area contributed by atoms with Crippen LogP contribution in [0.1, 0.15) is 56.4 Å². The molecule has 1 fully saturated rings. The maximum Gasteiger partial charge on any atom is 0.335 e. The third kappa shape index (κ3) is 4.19. The van der Waals surface area contributed by atoms with Gasteiger partial charge in [-0.1, -0.05) is 25.1 Å². The molecule has 0 aliphatic carbocycles. The van der Waals surface area contributed by atoms with Crippen LogP contribution in [0.15, 0.2) is 42.0 Å². The number of fused-ring (bicyclic) bond motifs is 1. The molecule has 188 valence electrons. The molecule has 7 nitrogen and oxygen atoms in total. The van der Waals surface area contributed by atoms with Crippen molar-refractivity contribution in [2.45, 2.75) is 53.5 Å². The van der Waals surface area contributed by atoms with Gasteiger partial charge in [0.05, 0.1) is 18.3 Å². The van der Waals surface area contributed by atoms with Crippen LogP contribution in [0, 0.1) is 13.8 Å². The van der Waals surface area contributed by atoms with E-state index in [-0.39, 0.29) is 11.1 Å². The summed E-state index contributed by atoms with van der Waals surface area (Å²) >= 11 is 0. The highest BCUT2D eigenvalue weighted by molar-refractivity contribution is 6.39. The number of amides is 4. The first kappa shape index (κ1) is 25.2. The van der Waals surface area contributed by atoms with Gasteiger partial charge in [-0.05, 0) is 75.9 Å². The van der Waals surface area contributed by atoms with Gasteiger partial charge in [-0.15, -0.1) is 0 Å². The van der Waals surface area contributed by atoms with Crippen molar-refractivity contribution in [1.29, 1.82) is 0 Å². The Morgan fingerprint density at radius 2 is 1.78 bits per heavy atom. The van der Waals surface area contributed by atoms with E-state index in [0.717, 1.165) is 45.8 Å². The first-order valence-electron chi connectivity index (χ1n) is 12.2. The summed E-state index contributed by atoms with van der Waals surface area (Å²) in [6.07, 6.45) is 4.73. The number of carbonyl (C=O) groups excluding carboxylic acids is 3. The second-order valence-corrected chi connectivity index (χ2v) is 9.92. The highest BCUT2D eigenvalue weighted by Gasteiger charge is 2.38. The Morgan fingerprint density at radius 3 is 2.44 bits per heavy atom. The van der Waals surface area contributed by atoms with Gasteiger partial charge < -0.3 is 9.64 Å². The van der Waals surface area contributed by atoms with Crippen LogP contribution >= 0.6 is 0 Å². The molecule has 2 aromatic rings. The average molecular weight is 488 g/mol. The Morgan fingerprint density at radius 1 is 1.06 bits per heavy atom. The fourth-order valence-electron chi connectivity index (χ4n) is 5.05. The van der Waals surface area contributed by atoms with Crippen LogP contribution in [-0.2, 0) is 9.59 Å². The largest absolute Gasteiger partial charge is 0.496 e. The standard InChI is InChI=1S/C29H33N3O4/c1-8-12-31-24-15-25(36-7)20(13-21(24)18(3)16-29(31,5)6)14-22-26(33)30-28(35)32(27(22)34)23-11-9-10-17(2)19(23)4/h9-11,13-16H,8,12H2,1-7H3,(H,30,33,35)/b22-14-. The SMILES string of the molecule is CCCN1c2cc(OC)c(/C=C3/C(=O)NC(=O)N(c4cccc(C)c4C)C3=O)cc2C(C)=CC1(C)C. The van der Waals surface area contributed by atoms with Gasteiger partial charge in [0.2, 0.25) is 0 Å². The minimum atomic E-state index is -0.760. The van der Waals surface area contributed by atoms with Crippen LogP contribution in [0.5, 0.6) is 5.75 Å². The molecule has 2 aliphatic heterocycles. The van der Waals surface area contributed by atoms with Gasteiger partial charge in [0.1, 0.15) is 11.3 Å². The number of urea groups is 1. The summed E-state index contributed by atoms with van der Waals surface area (Å²) in [5.41, 5.74) is 5.65. The van der Waals surface area contributed by atoms with Crippen molar-refractivity contribution < 1.29 is 19.1 Å². The molecule has 2 aromatic carbocycles. The molecule has 2 aliphatic rings. The second-order valence-electron chi connectivity index (χ2n) is 9.92. The van der Waals surface area contributed by atoms with Gasteiger partial charge >= 0.3 is 6.03 Å². The van der Waals surface area contributed by atoms with Crippen LogP contribution in [0.2, 0.25) is 0 Å². The second kappa shape index (κ2) is 9.30. The number of hydrogen-bond donors (Lipinski definition) is 1. The number of imide groups is 2. The molecule has 0 saturated carbocycles. The van der Waals surface area contributed by atoms with E-state index in [0.29, 0.717) is 17.0 Å². The minimum absolute atomic E-state index is 0.128. The Bertz CT molecular complexity index is 1340. The molecule has 7 heteroatoms. The number of nitrogens with one attached hydrogen (secondary N) is 1. The molecule has 4 rings (SSSR count). The Kier molecular flexibility index (Phi) is 6.52. The number of rotatable bonds is 5. The van der Waals surface area contributed by atoms with Crippen molar-refractivity contribution in [3.8, 4) is 5.75 Å². The van der Waals surface area contributed by atoms with E-state index in [2.05, 4.69) is 44.0 Å². The molecule has 0 bridgehead atoms. The zero-order valence-corrected chi connectivity index (χ0v) is 22.0. The van der Waals surface area contributed by atoms with E-state index in [9.17, 15) is 14.4 Å². The Hall–Kier alpha value is -3.87. The zero-order valence-electron chi connectivity index (χ0n) is 22.0. The summed E-state index contributed by atoms with van der Waals surface area (Å²) in [4.78, 5) is 42.4. The lowest BCUT2D eigenvalue weighted by Crippen LogP contribution is -2.54. The number of nitrogens with zero attached hydrogens (tertiary/aromatic N) is 2. The van der Waals surface area contributed by atoms with Crippen LogP contribution in [0.3, 0.4) is 0 Å². The number of barbiturate groups is 1. The van der Waals surface area contributed by atoms with Crippen molar-refractivity contribution in [1.82, 2.24) is 5.32 Å². The van der Waals surface area contributed by atoms with Crippen molar-refractivity contribution in [2.75, 3.05) is 23.5 Å². The van der Waals surface area contributed by atoms with E-state index in [1.165, 1.54) is 6.08 Å². The number of hydrogen-bond acceptors (Lipinski definition) is 5. The third-order valence-electron chi connectivity index (χ3n) is 6.99. The zero-order chi connectivity index (χ0) is 26.4. The smallest absolute Gasteiger partial charge is 0.335 e. The van der Waals surface area contributed by atoms with Crippen LogP contribution in [0.4, 0.5) is 16.2 Å². The number of benzene rings is 2. The van der Waals surface area contributed by atoms with Crippen LogP contribution < -0.4 is 19.9 Å². The molecule has 0 radical (unpaired) electrons. The lowest BCUT2D eigenvalue weighted by molar-refractivity contribution is -0.122. The average Bonchev–Trinajstić information content (AvgIpc) is 2.81. The molecule has 1 saturated heterocycles.